The molecule has 0 amide bonds. The summed E-state index contributed by atoms with van der Waals surface area (Å²) in [5.41, 5.74) is 1.71. The Morgan fingerprint density at radius 3 is 2.32 bits per heavy atom. The smallest absolute Gasteiger partial charge is 0.349 e. The highest BCUT2D eigenvalue weighted by molar-refractivity contribution is 5.84. The van der Waals surface area contributed by atoms with Gasteiger partial charge in [0.2, 0.25) is 6.10 Å². The van der Waals surface area contributed by atoms with E-state index in [0.29, 0.717) is 11.3 Å². The van der Waals surface area contributed by atoms with Crippen LogP contribution in [0.4, 0.5) is 0 Å². The highest BCUT2D eigenvalue weighted by atomic mass is 16.5. The third-order valence-electron chi connectivity index (χ3n) is 3.58. The van der Waals surface area contributed by atoms with Gasteiger partial charge in [-0.1, -0.05) is 60.2 Å². The topological polar surface area (TPSA) is 46.5 Å². The Morgan fingerprint density at radius 1 is 0.955 bits per heavy atom. The second-order valence-corrected chi connectivity index (χ2v) is 5.26. The number of ether oxygens (including phenoxy) is 1. The van der Waals surface area contributed by atoms with Gasteiger partial charge in [0.1, 0.15) is 5.75 Å². The van der Waals surface area contributed by atoms with E-state index in [2.05, 4.69) is 0 Å². The van der Waals surface area contributed by atoms with Gasteiger partial charge >= 0.3 is 5.97 Å². The molecule has 110 valence electrons. The first-order chi connectivity index (χ1) is 10.6. The monoisotopic (exact) mass is 292 g/mol. The van der Waals surface area contributed by atoms with E-state index in [4.69, 9.17) is 4.74 Å². The van der Waals surface area contributed by atoms with Crippen LogP contribution in [0.15, 0.2) is 66.7 Å². The highest BCUT2D eigenvalue weighted by Gasteiger charge is 2.21. The van der Waals surface area contributed by atoms with Gasteiger partial charge in [-0.25, -0.2) is 4.79 Å². The van der Waals surface area contributed by atoms with Crippen LogP contribution in [0.3, 0.4) is 0 Å². The van der Waals surface area contributed by atoms with Crippen molar-refractivity contribution in [1.29, 1.82) is 0 Å². The molecule has 0 bridgehead atoms. The van der Waals surface area contributed by atoms with E-state index >= 15 is 0 Å². The van der Waals surface area contributed by atoms with Crippen LogP contribution in [0.1, 0.15) is 17.2 Å². The molecule has 0 aromatic heterocycles. The summed E-state index contributed by atoms with van der Waals surface area (Å²) in [5.74, 6) is -0.455. The normalized spacial score (nSPS) is 12.0. The van der Waals surface area contributed by atoms with E-state index in [1.807, 2.05) is 55.5 Å². The number of fused-ring (bicyclic) bond motifs is 1. The molecule has 0 radical (unpaired) electrons. The lowest BCUT2D eigenvalue weighted by Crippen LogP contribution is -2.18. The van der Waals surface area contributed by atoms with Crippen molar-refractivity contribution < 1.29 is 14.6 Å². The van der Waals surface area contributed by atoms with Crippen molar-refractivity contribution in [3.63, 3.8) is 0 Å². The van der Waals surface area contributed by atoms with Crippen LogP contribution in [0.5, 0.6) is 5.75 Å². The standard InChI is InChI=1S/C19H16O3/c1-13-6-8-15(9-7-13)18(19(20)21)22-17-11-10-14-4-2-3-5-16(14)12-17/h2-12,18H,1H3,(H,20,21). The van der Waals surface area contributed by atoms with Gasteiger partial charge in [0, 0.05) is 5.56 Å². The van der Waals surface area contributed by atoms with Gasteiger partial charge in [-0.3, -0.25) is 0 Å². The van der Waals surface area contributed by atoms with Crippen LogP contribution in [0.25, 0.3) is 10.8 Å². The fourth-order valence-electron chi connectivity index (χ4n) is 2.38. The first-order valence-corrected chi connectivity index (χ1v) is 7.08. The Kier molecular flexibility index (Phi) is 3.79. The number of aliphatic carboxylic acids is 1. The fourth-order valence-corrected chi connectivity index (χ4v) is 2.38. The second kappa shape index (κ2) is 5.90. The summed E-state index contributed by atoms with van der Waals surface area (Å²) in [4.78, 5) is 11.5. The Labute approximate surface area is 128 Å². The van der Waals surface area contributed by atoms with Gasteiger partial charge in [-0.2, -0.15) is 0 Å². The molecule has 3 rings (SSSR count). The number of carboxylic acid groups (broad SMARTS) is 1. The number of carbonyl (C=O) groups is 1. The van der Waals surface area contributed by atoms with Crippen molar-refractivity contribution in [3.05, 3.63) is 77.9 Å². The maximum atomic E-state index is 11.5. The molecule has 0 spiro atoms. The molecule has 0 aliphatic rings. The molecular formula is C19H16O3. The third-order valence-corrected chi connectivity index (χ3v) is 3.58. The molecule has 0 aliphatic heterocycles. The average Bonchev–Trinajstić information content (AvgIpc) is 2.53. The Hall–Kier alpha value is -2.81. The minimum Gasteiger partial charge on any atom is -0.478 e. The minimum absolute atomic E-state index is 0.548. The molecule has 0 fully saturated rings. The summed E-state index contributed by atoms with van der Waals surface area (Å²) in [6, 6.07) is 20.8. The van der Waals surface area contributed by atoms with Crippen molar-refractivity contribution >= 4 is 16.7 Å². The predicted octanol–water partition coefficient (Wildman–Crippen LogP) is 4.35. The molecule has 0 heterocycles. The minimum atomic E-state index is -1.01. The largest absolute Gasteiger partial charge is 0.478 e. The van der Waals surface area contributed by atoms with E-state index < -0.39 is 12.1 Å². The zero-order chi connectivity index (χ0) is 15.5. The molecule has 1 atom stereocenters. The van der Waals surface area contributed by atoms with E-state index in [1.54, 1.807) is 18.2 Å². The van der Waals surface area contributed by atoms with Gasteiger partial charge in [-0.05, 0) is 29.8 Å². The number of benzene rings is 3. The molecule has 3 aromatic carbocycles. The van der Waals surface area contributed by atoms with Gasteiger partial charge in [0.05, 0.1) is 0 Å². The maximum Gasteiger partial charge on any atom is 0.349 e. The lowest BCUT2D eigenvalue weighted by Gasteiger charge is -2.16. The molecule has 3 heteroatoms. The van der Waals surface area contributed by atoms with Gasteiger partial charge < -0.3 is 9.84 Å². The molecule has 3 aromatic rings. The summed E-state index contributed by atoms with van der Waals surface area (Å²) in [7, 11) is 0. The van der Waals surface area contributed by atoms with Crippen LogP contribution in [0, 0.1) is 6.92 Å². The second-order valence-electron chi connectivity index (χ2n) is 5.26. The van der Waals surface area contributed by atoms with Gasteiger partial charge in [-0.15, -0.1) is 0 Å². The molecule has 3 nitrogen and oxygen atoms in total. The van der Waals surface area contributed by atoms with Crippen LogP contribution < -0.4 is 4.74 Å². The summed E-state index contributed by atoms with van der Waals surface area (Å²) >= 11 is 0. The Bertz CT molecular complexity index is 806. The van der Waals surface area contributed by atoms with Gasteiger partial charge in [0.15, 0.2) is 0 Å². The van der Waals surface area contributed by atoms with Crippen molar-refractivity contribution in [1.82, 2.24) is 0 Å². The predicted molar refractivity (Wildman–Crippen MR) is 86.1 cm³/mol. The first kappa shape index (κ1) is 14.1. The molecule has 1 unspecified atom stereocenters. The van der Waals surface area contributed by atoms with Crippen molar-refractivity contribution in [2.75, 3.05) is 0 Å². The lowest BCUT2D eigenvalue weighted by atomic mass is 10.1. The van der Waals surface area contributed by atoms with E-state index in [9.17, 15) is 9.90 Å². The summed E-state index contributed by atoms with van der Waals surface area (Å²) in [6.07, 6.45) is -1.01. The lowest BCUT2D eigenvalue weighted by molar-refractivity contribution is -0.145. The maximum absolute atomic E-state index is 11.5. The van der Waals surface area contributed by atoms with Crippen LogP contribution in [0.2, 0.25) is 0 Å². The number of carboxylic acids is 1. The third kappa shape index (κ3) is 2.93. The Balaban J connectivity index is 1.92. The van der Waals surface area contributed by atoms with Crippen LogP contribution >= 0.6 is 0 Å². The quantitative estimate of drug-likeness (QED) is 0.777. The molecule has 1 N–H and O–H groups in total. The number of rotatable bonds is 4. The summed E-state index contributed by atoms with van der Waals surface area (Å²) < 4.78 is 5.71. The number of aryl methyl sites for hydroxylation is 1. The molecule has 0 saturated carbocycles. The van der Waals surface area contributed by atoms with E-state index in [1.165, 1.54) is 0 Å². The Morgan fingerprint density at radius 2 is 1.64 bits per heavy atom. The van der Waals surface area contributed by atoms with Crippen LogP contribution in [-0.2, 0) is 4.79 Å². The zero-order valence-electron chi connectivity index (χ0n) is 12.2. The van der Waals surface area contributed by atoms with Crippen LogP contribution in [-0.4, -0.2) is 11.1 Å². The number of hydrogen-bond acceptors (Lipinski definition) is 2. The van der Waals surface area contributed by atoms with Gasteiger partial charge in [0.25, 0.3) is 0 Å². The average molecular weight is 292 g/mol. The zero-order valence-corrected chi connectivity index (χ0v) is 12.2. The number of hydrogen-bond donors (Lipinski definition) is 1. The van der Waals surface area contributed by atoms with Crippen molar-refractivity contribution in [3.8, 4) is 5.75 Å². The molecule has 0 saturated heterocycles. The molecule has 0 aliphatic carbocycles. The van der Waals surface area contributed by atoms with Crippen molar-refractivity contribution in [2.24, 2.45) is 0 Å². The first-order valence-electron chi connectivity index (χ1n) is 7.08. The fraction of sp³-hybridized carbons (Fsp3) is 0.105. The van der Waals surface area contributed by atoms with E-state index in [-0.39, 0.29) is 0 Å². The van der Waals surface area contributed by atoms with Crippen molar-refractivity contribution in [2.45, 2.75) is 13.0 Å². The molecular weight excluding hydrogens is 276 g/mol. The SMILES string of the molecule is Cc1ccc(C(Oc2ccc3ccccc3c2)C(=O)O)cc1. The van der Waals surface area contributed by atoms with E-state index in [0.717, 1.165) is 16.3 Å². The highest BCUT2D eigenvalue weighted by Crippen LogP contribution is 2.26. The summed E-state index contributed by atoms with van der Waals surface area (Å²) in [5, 5.41) is 11.6. The summed E-state index contributed by atoms with van der Waals surface area (Å²) in [6.45, 7) is 1.96. The molecule has 22 heavy (non-hydrogen) atoms.